The number of nitrogens with one attached hydrogen (secondary N) is 1. The van der Waals surface area contributed by atoms with Crippen LogP contribution >= 0.6 is 12.6 Å². The van der Waals surface area contributed by atoms with Gasteiger partial charge in [-0.25, -0.2) is 0 Å². The predicted molar refractivity (Wildman–Crippen MR) is 72.5 cm³/mol. The molecule has 0 aromatic rings. The molecule has 0 aliphatic rings. The lowest BCUT2D eigenvalue weighted by atomic mass is 10.1. The van der Waals surface area contributed by atoms with Gasteiger partial charge >= 0.3 is 11.9 Å². The molecule has 0 spiro atoms. The molecule has 8 nitrogen and oxygen atoms in total. The van der Waals surface area contributed by atoms with Gasteiger partial charge in [0.1, 0.15) is 6.04 Å². The minimum absolute atomic E-state index is 0.0369. The van der Waals surface area contributed by atoms with Gasteiger partial charge in [-0.05, 0) is 6.42 Å². The summed E-state index contributed by atoms with van der Waals surface area (Å²) in [6.45, 7) is 0. The molecular formula is C11H18N2O6S. The largest absolute Gasteiger partial charge is 0.481 e. The third-order valence-electron chi connectivity index (χ3n) is 2.49. The van der Waals surface area contributed by atoms with Crippen molar-refractivity contribution in [2.45, 2.75) is 37.8 Å². The zero-order valence-electron chi connectivity index (χ0n) is 10.7. The molecule has 5 N–H and O–H groups in total. The molecule has 1 amide bonds. The van der Waals surface area contributed by atoms with E-state index in [1.807, 2.05) is 0 Å². The Hall–Kier alpha value is -1.61. The van der Waals surface area contributed by atoms with E-state index in [2.05, 4.69) is 17.9 Å². The monoisotopic (exact) mass is 306 g/mol. The first-order valence-corrected chi connectivity index (χ1v) is 6.54. The number of Topliss-reactive ketones (excluding diaryl/α,β-unsaturated/α-hetero) is 1. The Morgan fingerprint density at radius 1 is 1.10 bits per heavy atom. The zero-order valence-corrected chi connectivity index (χ0v) is 11.6. The molecule has 0 saturated heterocycles. The van der Waals surface area contributed by atoms with E-state index in [9.17, 15) is 19.2 Å². The Balaban J connectivity index is 4.21. The first kappa shape index (κ1) is 18.4. The van der Waals surface area contributed by atoms with Crippen molar-refractivity contribution in [3.8, 4) is 0 Å². The summed E-state index contributed by atoms with van der Waals surface area (Å²) in [5.74, 6) is -3.23. The Labute approximate surface area is 121 Å². The highest BCUT2D eigenvalue weighted by Gasteiger charge is 2.21. The lowest BCUT2D eigenvalue weighted by Crippen LogP contribution is -2.43. The second-order valence-electron chi connectivity index (χ2n) is 4.15. The molecule has 2 atom stereocenters. The van der Waals surface area contributed by atoms with Gasteiger partial charge in [0.25, 0.3) is 0 Å². The molecule has 0 aliphatic carbocycles. The van der Waals surface area contributed by atoms with Gasteiger partial charge in [0, 0.05) is 18.6 Å². The fourth-order valence-electron chi connectivity index (χ4n) is 1.31. The van der Waals surface area contributed by atoms with Crippen LogP contribution in [0, 0.1) is 0 Å². The molecule has 20 heavy (non-hydrogen) atoms. The number of thiol groups is 1. The number of carbonyl (C=O) groups is 4. The smallest absolute Gasteiger partial charge is 0.320 e. The van der Waals surface area contributed by atoms with Crippen LogP contribution < -0.4 is 11.1 Å². The second kappa shape index (κ2) is 9.32. The molecule has 0 heterocycles. The maximum Gasteiger partial charge on any atom is 0.320 e. The van der Waals surface area contributed by atoms with Crippen molar-refractivity contribution in [3.05, 3.63) is 0 Å². The molecule has 0 bridgehead atoms. The van der Waals surface area contributed by atoms with Crippen molar-refractivity contribution < 1.29 is 29.4 Å². The van der Waals surface area contributed by atoms with E-state index in [1.165, 1.54) is 0 Å². The maximum atomic E-state index is 11.6. The van der Waals surface area contributed by atoms with Gasteiger partial charge in [-0.3, -0.25) is 19.2 Å². The Morgan fingerprint density at radius 3 is 2.15 bits per heavy atom. The number of carboxylic acids is 2. The summed E-state index contributed by atoms with van der Waals surface area (Å²) >= 11 is 3.91. The average molecular weight is 306 g/mol. The number of rotatable bonds is 10. The Kier molecular flexibility index (Phi) is 8.57. The summed E-state index contributed by atoms with van der Waals surface area (Å²) in [7, 11) is 0. The van der Waals surface area contributed by atoms with E-state index in [4.69, 9.17) is 15.9 Å². The van der Waals surface area contributed by atoms with E-state index >= 15 is 0 Å². The highest BCUT2D eigenvalue weighted by atomic mass is 32.1. The fourth-order valence-corrected chi connectivity index (χ4v) is 1.60. The highest BCUT2D eigenvalue weighted by molar-refractivity contribution is 7.80. The van der Waals surface area contributed by atoms with Crippen LogP contribution in [0.4, 0.5) is 0 Å². The van der Waals surface area contributed by atoms with E-state index in [0.717, 1.165) is 0 Å². The summed E-state index contributed by atoms with van der Waals surface area (Å²) < 4.78 is 0. The van der Waals surface area contributed by atoms with Gasteiger partial charge in [-0.2, -0.15) is 12.6 Å². The molecule has 0 saturated carbocycles. The van der Waals surface area contributed by atoms with Gasteiger partial charge in [0.05, 0.1) is 12.5 Å². The predicted octanol–water partition coefficient (Wildman–Crippen LogP) is -0.973. The van der Waals surface area contributed by atoms with Crippen LogP contribution in [0.5, 0.6) is 0 Å². The third-order valence-corrected chi connectivity index (χ3v) is 2.86. The summed E-state index contributed by atoms with van der Waals surface area (Å²) in [6, 6.07) is -2.02. The molecule has 9 heteroatoms. The number of hydrogen-bond donors (Lipinski definition) is 5. The molecule has 0 rings (SSSR count). The van der Waals surface area contributed by atoms with Crippen LogP contribution in [0.25, 0.3) is 0 Å². The topological polar surface area (TPSA) is 147 Å². The standard InChI is InChI=1S/C11H18N2O6S/c12-6(11(18)19)1-3-9(15)13-7(5-20)8(14)2-4-10(16)17/h6-7,20H,1-5,12H2,(H,13,15)(H,16,17)(H,18,19)/t6-,7-/m0/s1. The average Bonchev–Trinajstić information content (AvgIpc) is 2.38. The first-order chi connectivity index (χ1) is 9.27. The highest BCUT2D eigenvalue weighted by Crippen LogP contribution is 2.01. The number of nitrogens with two attached hydrogens (primary N) is 1. The minimum atomic E-state index is -1.21. The molecule has 0 radical (unpaired) electrons. The van der Waals surface area contributed by atoms with Gasteiger partial charge in [0.2, 0.25) is 5.91 Å². The van der Waals surface area contributed by atoms with Crippen LogP contribution in [-0.2, 0) is 19.2 Å². The normalized spacial score (nSPS) is 13.3. The van der Waals surface area contributed by atoms with Crippen LogP contribution in [0.2, 0.25) is 0 Å². The molecule has 0 fully saturated rings. The van der Waals surface area contributed by atoms with Crippen LogP contribution in [0.1, 0.15) is 25.7 Å². The van der Waals surface area contributed by atoms with Crippen molar-refractivity contribution >= 4 is 36.3 Å². The van der Waals surface area contributed by atoms with Crippen molar-refractivity contribution in [1.29, 1.82) is 0 Å². The number of hydrogen-bond acceptors (Lipinski definition) is 6. The molecule has 0 aromatic heterocycles. The lowest BCUT2D eigenvalue weighted by Gasteiger charge is -2.15. The fraction of sp³-hybridized carbons (Fsp3) is 0.636. The summed E-state index contributed by atoms with van der Waals surface area (Å²) in [5, 5.41) is 19.4. The quantitative estimate of drug-likeness (QED) is 0.326. The summed E-state index contributed by atoms with van der Waals surface area (Å²) in [5.41, 5.74) is 5.24. The number of carbonyl (C=O) groups excluding carboxylic acids is 2. The van der Waals surface area contributed by atoms with Crippen LogP contribution in [-0.4, -0.2) is 51.7 Å². The summed E-state index contributed by atoms with van der Waals surface area (Å²) in [6.07, 6.45) is -0.702. The number of aliphatic carboxylic acids is 2. The zero-order chi connectivity index (χ0) is 15.7. The SMILES string of the molecule is N[C@@H](CCC(=O)N[C@@H](CS)C(=O)CCC(=O)O)C(=O)O. The lowest BCUT2D eigenvalue weighted by molar-refractivity contribution is -0.139. The van der Waals surface area contributed by atoms with E-state index in [0.29, 0.717) is 0 Å². The Bertz CT molecular complexity index is 387. The van der Waals surface area contributed by atoms with E-state index < -0.39 is 35.7 Å². The number of carboxylic acid groups (broad SMARTS) is 2. The van der Waals surface area contributed by atoms with Gasteiger partial charge in [-0.15, -0.1) is 0 Å². The van der Waals surface area contributed by atoms with E-state index in [1.54, 1.807) is 0 Å². The van der Waals surface area contributed by atoms with E-state index in [-0.39, 0.29) is 31.4 Å². The first-order valence-electron chi connectivity index (χ1n) is 5.91. The third kappa shape index (κ3) is 7.74. The van der Waals surface area contributed by atoms with Crippen molar-refractivity contribution in [2.24, 2.45) is 5.73 Å². The Morgan fingerprint density at radius 2 is 1.70 bits per heavy atom. The molecule has 0 aromatic carbocycles. The molecule has 114 valence electrons. The van der Waals surface area contributed by atoms with Gasteiger partial charge < -0.3 is 21.3 Å². The van der Waals surface area contributed by atoms with Gasteiger partial charge in [0.15, 0.2) is 5.78 Å². The summed E-state index contributed by atoms with van der Waals surface area (Å²) in [4.78, 5) is 44.0. The minimum Gasteiger partial charge on any atom is -0.481 e. The van der Waals surface area contributed by atoms with Crippen molar-refractivity contribution in [3.63, 3.8) is 0 Å². The maximum absolute atomic E-state index is 11.6. The van der Waals surface area contributed by atoms with Crippen molar-refractivity contribution in [1.82, 2.24) is 5.32 Å². The molecular weight excluding hydrogens is 288 g/mol. The number of amides is 1. The molecule has 0 unspecified atom stereocenters. The van der Waals surface area contributed by atoms with Crippen LogP contribution in [0.15, 0.2) is 0 Å². The molecule has 0 aliphatic heterocycles. The van der Waals surface area contributed by atoms with Crippen LogP contribution in [0.3, 0.4) is 0 Å². The number of ketones is 1. The second-order valence-corrected chi connectivity index (χ2v) is 4.51. The van der Waals surface area contributed by atoms with Gasteiger partial charge in [-0.1, -0.05) is 0 Å². The van der Waals surface area contributed by atoms with Crippen molar-refractivity contribution in [2.75, 3.05) is 5.75 Å².